The lowest BCUT2D eigenvalue weighted by atomic mass is 10.0. The molecule has 210 valence electrons. The first kappa shape index (κ1) is 27.5. The molecule has 1 N–H and O–H groups in total. The van der Waals surface area contributed by atoms with Gasteiger partial charge in [-0.3, -0.25) is 15.1 Å². The van der Waals surface area contributed by atoms with Crippen LogP contribution in [0.1, 0.15) is 30.4 Å². The van der Waals surface area contributed by atoms with E-state index < -0.39 is 4.92 Å². The number of rotatable bonds is 9. The molecule has 10 heteroatoms. The third-order valence-corrected chi connectivity index (χ3v) is 8.34. The van der Waals surface area contributed by atoms with Crippen LogP contribution in [0, 0.1) is 10.1 Å². The van der Waals surface area contributed by atoms with E-state index in [1.807, 2.05) is 55.5 Å². The van der Waals surface area contributed by atoms with Crippen LogP contribution in [0.2, 0.25) is 0 Å². The quantitative estimate of drug-likeness (QED) is 0.107. The van der Waals surface area contributed by atoms with Crippen molar-refractivity contribution >= 4 is 40.5 Å². The Kier molecular flexibility index (Phi) is 7.89. The van der Waals surface area contributed by atoms with Crippen LogP contribution in [0.3, 0.4) is 0 Å². The predicted molar refractivity (Wildman–Crippen MR) is 169 cm³/mol. The van der Waals surface area contributed by atoms with Gasteiger partial charge in [0.2, 0.25) is 0 Å². The highest BCUT2D eigenvalue weighted by Crippen LogP contribution is 2.43. The van der Waals surface area contributed by atoms with Gasteiger partial charge in [-0.15, -0.1) is 0 Å². The van der Waals surface area contributed by atoms with Gasteiger partial charge in [-0.2, -0.15) is 0 Å². The molecular formula is C32H27N5O3S2. The summed E-state index contributed by atoms with van der Waals surface area (Å²) >= 11 is 7.48. The molecule has 0 saturated carbocycles. The highest BCUT2D eigenvalue weighted by molar-refractivity contribution is 7.99. The van der Waals surface area contributed by atoms with Crippen molar-refractivity contribution in [3.8, 4) is 11.4 Å². The van der Waals surface area contributed by atoms with Gasteiger partial charge < -0.3 is 19.5 Å². The molecule has 8 nitrogen and oxygen atoms in total. The minimum absolute atomic E-state index is 0.0771. The van der Waals surface area contributed by atoms with Crippen LogP contribution in [0.15, 0.2) is 125 Å². The first-order chi connectivity index (χ1) is 20.5. The highest BCUT2D eigenvalue weighted by atomic mass is 32.2. The predicted octanol–water partition coefficient (Wildman–Crippen LogP) is 7.51. The molecule has 6 rings (SSSR count). The molecule has 2 aromatic heterocycles. The Hall–Kier alpha value is -4.67. The first-order valence-corrected chi connectivity index (χ1v) is 14.7. The topological polar surface area (TPSA) is 85.5 Å². The fourth-order valence-corrected chi connectivity index (χ4v) is 6.28. The second-order valence-corrected chi connectivity index (χ2v) is 11.1. The van der Waals surface area contributed by atoms with Crippen LogP contribution in [-0.4, -0.2) is 26.2 Å². The maximum absolute atomic E-state index is 11.0. The first-order valence-electron chi connectivity index (χ1n) is 13.5. The van der Waals surface area contributed by atoms with Crippen molar-refractivity contribution in [3.63, 3.8) is 0 Å². The van der Waals surface area contributed by atoms with Crippen LogP contribution in [-0.2, 0) is 0 Å². The molecule has 0 spiro atoms. The van der Waals surface area contributed by atoms with Crippen LogP contribution >= 0.6 is 24.0 Å². The summed E-state index contributed by atoms with van der Waals surface area (Å²) in [5, 5.41) is 15.1. The van der Waals surface area contributed by atoms with Gasteiger partial charge in [-0.1, -0.05) is 17.8 Å². The molecule has 1 fully saturated rings. The second-order valence-electron chi connectivity index (χ2n) is 9.57. The third kappa shape index (κ3) is 5.59. The smallest absolute Gasteiger partial charge is 0.269 e. The van der Waals surface area contributed by atoms with E-state index >= 15 is 0 Å². The highest BCUT2D eigenvalue weighted by Gasteiger charge is 2.42. The largest absolute Gasteiger partial charge is 0.494 e. The summed E-state index contributed by atoms with van der Waals surface area (Å²) in [6.45, 7) is 2.59. The van der Waals surface area contributed by atoms with Crippen molar-refractivity contribution in [2.24, 2.45) is 0 Å². The van der Waals surface area contributed by atoms with Gasteiger partial charge in [0.05, 0.1) is 23.3 Å². The van der Waals surface area contributed by atoms with E-state index in [1.165, 1.54) is 12.1 Å². The van der Waals surface area contributed by atoms with Crippen molar-refractivity contribution < 1.29 is 9.66 Å². The van der Waals surface area contributed by atoms with Crippen LogP contribution in [0.4, 0.5) is 11.4 Å². The molecule has 5 aromatic rings. The minimum Gasteiger partial charge on any atom is -0.494 e. The number of nitro groups is 1. The maximum Gasteiger partial charge on any atom is 0.269 e. The average molecular weight is 594 g/mol. The number of hydrogen-bond acceptors (Lipinski definition) is 6. The molecule has 2 unspecified atom stereocenters. The summed E-state index contributed by atoms with van der Waals surface area (Å²) in [7, 11) is 0. The number of nitrogens with one attached hydrogen (secondary N) is 1. The zero-order chi connectivity index (χ0) is 29.1. The van der Waals surface area contributed by atoms with E-state index in [4.69, 9.17) is 17.0 Å². The summed E-state index contributed by atoms with van der Waals surface area (Å²) < 4.78 is 7.83. The molecule has 1 saturated heterocycles. The monoisotopic (exact) mass is 593 g/mol. The fourth-order valence-electron chi connectivity index (χ4n) is 5.12. The number of thiocarbonyl (C=S) groups is 1. The summed E-state index contributed by atoms with van der Waals surface area (Å²) in [6.07, 6.45) is 3.86. The van der Waals surface area contributed by atoms with E-state index in [2.05, 4.69) is 56.3 Å². The standard InChI is InChI=1S/C32H27N5O3S2/c1-2-40-25-14-8-22(9-15-25)35-21-5-7-29(35)31-30(28-6-3-4-20-33-28)34-32(41)36(31)23-10-16-26(17-11-23)42-27-18-12-24(13-19-27)37(38)39/h3-21,30-31H,2H2,1H3,(H,34,41). The summed E-state index contributed by atoms with van der Waals surface area (Å²) in [5.74, 6) is 0.832. The molecule has 0 amide bonds. The van der Waals surface area contributed by atoms with E-state index in [0.29, 0.717) is 11.7 Å². The zero-order valence-electron chi connectivity index (χ0n) is 22.7. The van der Waals surface area contributed by atoms with E-state index in [1.54, 1.807) is 30.1 Å². The SMILES string of the molecule is CCOc1ccc(-n2cccc2C2C(c3ccccn3)NC(=S)N2c2ccc(Sc3ccc([N+](=O)[O-])cc3)cc2)cc1. The van der Waals surface area contributed by atoms with Crippen molar-refractivity contribution in [3.05, 3.63) is 137 Å². The Morgan fingerprint density at radius 1 is 0.929 bits per heavy atom. The Morgan fingerprint density at radius 2 is 1.62 bits per heavy atom. The van der Waals surface area contributed by atoms with E-state index in [-0.39, 0.29) is 17.8 Å². The maximum atomic E-state index is 11.0. The van der Waals surface area contributed by atoms with Gasteiger partial charge in [-0.25, -0.2) is 0 Å². The number of nitrogens with zero attached hydrogens (tertiary/aromatic N) is 4. The van der Waals surface area contributed by atoms with Crippen LogP contribution in [0.5, 0.6) is 5.75 Å². The van der Waals surface area contributed by atoms with Gasteiger partial charge >= 0.3 is 0 Å². The van der Waals surface area contributed by atoms with Crippen molar-refractivity contribution in [1.29, 1.82) is 0 Å². The lowest BCUT2D eigenvalue weighted by Crippen LogP contribution is -2.30. The molecule has 1 aliphatic heterocycles. The average Bonchev–Trinajstić information content (AvgIpc) is 3.63. The molecule has 0 bridgehead atoms. The molecule has 2 atom stereocenters. The number of aromatic nitrogens is 2. The van der Waals surface area contributed by atoms with Crippen LogP contribution < -0.4 is 15.0 Å². The zero-order valence-corrected chi connectivity index (χ0v) is 24.3. The summed E-state index contributed by atoms with van der Waals surface area (Å²) in [4.78, 5) is 19.4. The molecule has 0 radical (unpaired) electrons. The molecule has 42 heavy (non-hydrogen) atoms. The Bertz CT molecular complexity index is 1690. The number of ether oxygens (including phenoxy) is 1. The normalized spacial score (nSPS) is 16.3. The molecule has 1 aliphatic rings. The van der Waals surface area contributed by atoms with Gasteiger partial charge in [0, 0.05) is 51.4 Å². The Balaban J connectivity index is 1.34. The number of hydrogen-bond donors (Lipinski definition) is 1. The van der Waals surface area contributed by atoms with Gasteiger partial charge in [-0.05, 0) is 104 Å². The van der Waals surface area contributed by atoms with Crippen molar-refractivity contribution in [2.45, 2.75) is 28.8 Å². The molecule has 0 aliphatic carbocycles. The Labute approximate surface area is 253 Å². The summed E-state index contributed by atoms with van der Waals surface area (Å²) in [6, 6.07) is 32.6. The fraction of sp³-hybridized carbons (Fsp3) is 0.125. The second kappa shape index (κ2) is 12.1. The molecule has 3 aromatic carbocycles. The van der Waals surface area contributed by atoms with Crippen LogP contribution in [0.25, 0.3) is 5.69 Å². The van der Waals surface area contributed by atoms with Crippen molar-refractivity contribution in [1.82, 2.24) is 14.9 Å². The van der Waals surface area contributed by atoms with E-state index in [9.17, 15) is 10.1 Å². The van der Waals surface area contributed by atoms with E-state index in [0.717, 1.165) is 38.3 Å². The lowest BCUT2D eigenvalue weighted by Gasteiger charge is -2.29. The van der Waals surface area contributed by atoms with Gasteiger partial charge in [0.1, 0.15) is 11.8 Å². The van der Waals surface area contributed by atoms with Gasteiger partial charge in [0.15, 0.2) is 5.11 Å². The Morgan fingerprint density at radius 3 is 2.26 bits per heavy atom. The lowest BCUT2D eigenvalue weighted by molar-refractivity contribution is -0.384. The number of non-ortho nitro benzene ring substituents is 1. The minimum atomic E-state index is -0.392. The summed E-state index contributed by atoms with van der Waals surface area (Å²) in [5.41, 5.74) is 4.01. The number of pyridine rings is 1. The van der Waals surface area contributed by atoms with Gasteiger partial charge in [0.25, 0.3) is 5.69 Å². The van der Waals surface area contributed by atoms with Crippen molar-refractivity contribution in [2.75, 3.05) is 11.5 Å². The third-order valence-electron chi connectivity index (χ3n) is 7.01. The molecule has 3 heterocycles. The molecular weight excluding hydrogens is 567 g/mol. The number of nitro benzene ring substituents is 1. The number of benzene rings is 3. The number of anilines is 1.